The van der Waals surface area contributed by atoms with Crippen LogP contribution in [0.5, 0.6) is 0 Å². The van der Waals surface area contributed by atoms with Gasteiger partial charge < -0.3 is 11.1 Å². The summed E-state index contributed by atoms with van der Waals surface area (Å²) in [6.07, 6.45) is 5.45. The van der Waals surface area contributed by atoms with Crippen LogP contribution in [-0.2, 0) is 10.0 Å². The number of fused-ring (bicyclic) bond motifs is 1. The highest BCUT2D eigenvalue weighted by Crippen LogP contribution is 2.32. The molecule has 0 saturated heterocycles. The molecule has 0 atom stereocenters. The zero-order chi connectivity index (χ0) is 26.2. The van der Waals surface area contributed by atoms with Crippen LogP contribution >= 0.6 is 11.6 Å². The Kier molecular flexibility index (Phi) is 6.98. The van der Waals surface area contributed by atoms with E-state index in [1.807, 2.05) is 0 Å². The first-order chi connectivity index (χ1) is 17.7. The van der Waals surface area contributed by atoms with Crippen LogP contribution in [0, 0.1) is 11.6 Å². The highest BCUT2D eigenvalue weighted by atomic mass is 35.5. The lowest BCUT2D eigenvalue weighted by Gasteiger charge is -2.26. The van der Waals surface area contributed by atoms with E-state index in [2.05, 4.69) is 20.0 Å². The molecule has 4 N–H and O–H groups in total. The third-order valence-electron chi connectivity index (χ3n) is 6.45. The molecular formula is C26H24ClF2N5O2S. The van der Waals surface area contributed by atoms with Crippen molar-refractivity contribution < 1.29 is 17.2 Å². The van der Waals surface area contributed by atoms with Gasteiger partial charge >= 0.3 is 0 Å². The second-order valence-corrected chi connectivity index (χ2v) is 11.1. The highest BCUT2D eigenvalue weighted by Gasteiger charge is 2.23. The molecule has 1 aromatic heterocycles. The van der Waals surface area contributed by atoms with E-state index >= 15 is 4.39 Å². The standard InChI is InChI=1S/C26H24ClF2N5O2S/c27-20-3-1-2-4-23(20)37(35,36)34-22-12-10-19(24(28)25(22)29)15-5-11-21-16(13-15)14-31-26(33-21)32-18-8-6-17(30)7-9-18/h1-5,10-14,17-18,34H,6-9,30H2,(H,31,32,33)/t17-,18-. The molecule has 0 aliphatic heterocycles. The number of nitrogens with zero attached hydrogens (tertiary/aromatic N) is 2. The van der Waals surface area contributed by atoms with Crippen molar-refractivity contribution in [2.75, 3.05) is 10.0 Å². The van der Waals surface area contributed by atoms with Crippen molar-refractivity contribution >= 4 is 44.2 Å². The molecular weight excluding hydrogens is 520 g/mol. The molecule has 0 radical (unpaired) electrons. The van der Waals surface area contributed by atoms with E-state index in [1.54, 1.807) is 30.5 Å². The third kappa shape index (κ3) is 5.36. The van der Waals surface area contributed by atoms with Crippen LogP contribution < -0.4 is 15.8 Å². The lowest BCUT2D eigenvalue weighted by molar-refractivity contribution is 0.410. The Morgan fingerprint density at radius 3 is 2.49 bits per heavy atom. The van der Waals surface area contributed by atoms with Crippen molar-refractivity contribution in [1.29, 1.82) is 0 Å². The SMILES string of the molecule is N[C@H]1CC[C@H](Nc2ncc3cc(-c4ccc(NS(=O)(=O)c5ccccc5Cl)c(F)c4F)ccc3n2)CC1. The van der Waals surface area contributed by atoms with Gasteiger partial charge in [-0.2, -0.15) is 0 Å². The van der Waals surface area contributed by atoms with Gasteiger partial charge in [-0.25, -0.2) is 27.2 Å². The van der Waals surface area contributed by atoms with Gasteiger partial charge in [0.1, 0.15) is 4.90 Å². The fourth-order valence-corrected chi connectivity index (χ4v) is 6.01. The van der Waals surface area contributed by atoms with Crippen LogP contribution in [0.3, 0.4) is 0 Å². The maximum atomic E-state index is 15.1. The lowest BCUT2D eigenvalue weighted by Crippen LogP contribution is -2.33. The first-order valence-corrected chi connectivity index (χ1v) is 13.6. The Bertz CT molecular complexity index is 1580. The molecule has 4 aromatic rings. The number of hydrogen-bond acceptors (Lipinski definition) is 6. The highest BCUT2D eigenvalue weighted by molar-refractivity contribution is 7.92. The molecule has 3 aromatic carbocycles. The van der Waals surface area contributed by atoms with E-state index in [9.17, 15) is 12.8 Å². The van der Waals surface area contributed by atoms with Gasteiger partial charge in [0.2, 0.25) is 5.95 Å². The topological polar surface area (TPSA) is 110 Å². The number of nitrogens with one attached hydrogen (secondary N) is 2. The van der Waals surface area contributed by atoms with Gasteiger partial charge in [0.15, 0.2) is 11.6 Å². The largest absolute Gasteiger partial charge is 0.351 e. The first-order valence-electron chi connectivity index (χ1n) is 11.8. The average molecular weight is 544 g/mol. The molecule has 7 nitrogen and oxygen atoms in total. The molecule has 5 rings (SSSR count). The number of benzene rings is 3. The van der Waals surface area contributed by atoms with Crippen molar-refractivity contribution in [3.8, 4) is 11.1 Å². The van der Waals surface area contributed by atoms with Crippen LogP contribution in [0.15, 0.2) is 65.7 Å². The average Bonchev–Trinajstić information content (AvgIpc) is 2.88. The van der Waals surface area contributed by atoms with Gasteiger partial charge in [0, 0.05) is 29.2 Å². The summed E-state index contributed by atoms with van der Waals surface area (Å²) < 4.78 is 57.4. The molecule has 37 heavy (non-hydrogen) atoms. The Labute approximate surface area is 218 Å². The maximum absolute atomic E-state index is 15.1. The van der Waals surface area contributed by atoms with Crippen LogP contribution in [0.1, 0.15) is 25.7 Å². The fraction of sp³-hybridized carbons (Fsp3) is 0.231. The molecule has 1 heterocycles. The summed E-state index contributed by atoms with van der Waals surface area (Å²) in [5.74, 6) is -2.00. The number of halogens is 3. The van der Waals surface area contributed by atoms with Gasteiger partial charge in [-0.15, -0.1) is 0 Å². The molecule has 1 aliphatic rings. The van der Waals surface area contributed by atoms with Crippen LogP contribution in [0.2, 0.25) is 5.02 Å². The fourth-order valence-electron chi connectivity index (χ4n) is 4.43. The molecule has 11 heteroatoms. The molecule has 1 saturated carbocycles. The maximum Gasteiger partial charge on any atom is 0.263 e. The van der Waals surface area contributed by atoms with Crippen molar-refractivity contribution in [2.24, 2.45) is 5.73 Å². The van der Waals surface area contributed by atoms with Gasteiger partial charge in [0.25, 0.3) is 10.0 Å². The number of anilines is 2. The molecule has 0 bridgehead atoms. The minimum atomic E-state index is -4.22. The Hall–Kier alpha value is -3.34. The number of nitrogens with two attached hydrogens (primary N) is 1. The van der Waals surface area contributed by atoms with E-state index in [-0.39, 0.29) is 27.6 Å². The Morgan fingerprint density at radius 1 is 0.973 bits per heavy atom. The second kappa shape index (κ2) is 10.2. The number of hydrogen-bond donors (Lipinski definition) is 3. The minimum Gasteiger partial charge on any atom is -0.351 e. The zero-order valence-electron chi connectivity index (χ0n) is 19.6. The summed E-state index contributed by atoms with van der Waals surface area (Å²) in [7, 11) is -4.22. The van der Waals surface area contributed by atoms with Gasteiger partial charge in [-0.05, 0) is 67.6 Å². The van der Waals surface area contributed by atoms with E-state index in [4.69, 9.17) is 17.3 Å². The summed E-state index contributed by atoms with van der Waals surface area (Å²) in [6.45, 7) is 0. The molecule has 1 aliphatic carbocycles. The van der Waals surface area contributed by atoms with Crippen molar-refractivity contribution in [2.45, 2.75) is 42.7 Å². The van der Waals surface area contributed by atoms with E-state index < -0.39 is 27.3 Å². The normalized spacial score (nSPS) is 18.1. The third-order valence-corrected chi connectivity index (χ3v) is 8.31. The van der Waals surface area contributed by atoms with Crippen LogP contribution in [0.4, 0.5) is 20.4 Å². The van der Waals surface area contributed by atoms with Crippen molar-refractivity contribution in [1.82, 2.24) is 9.97 Å². The monoisotopic (exact) mass is 543 g/mol. The zero-order valence-corrected chi connectivity index (χ0v) is 21.2. The minimum absolute atomic E-state index is 0.0270. The summed E-state index contributed by atoms with van der Waals surface area (Å²) >= 11 is 5.96. The summed E-state index contributed by atoms with van der Waals surface area (Å²) in [6, 6.07) is 13.7. The van der Waals surface area contributed by atoms with E-state index in [0.29, 0.717) is 22.4 Å². The first kappa shape index (κ1) is 25.3. The van der Waals surface area contributed by atoms with Crippen LogP contribution in [-0.4, -0.2) is 30.5 Å². The Morgan fingerprint density at radius 2 is 1.73 bits per heavy atom. The molecule has 0 spiro atoms. The summed E-state index contributed by atoms with van der Waals surface area (Å²) in [4.78, 5) is 8.68. The quantitative estimate of drug-likeness (QED) is 0.287. The van der Waals surface area contributed by atoms with E-state index in [1.165, 1.54) is 30.3 Å². The van der Waals surface area contributed by atoms with E-state index in [0.717, 1.165) is 25.7 Å². The molecule has 0 unspecified atom stereocenters. The van der Waals surface area contributed by atoms with Crippen LogP contribution in [0.25, 0.3) is 22.0 Å². The lowest BCUT2D eigenvalue weighted by atomic mass is 9.92. The van der Waals surface area contributed by atoms with Gasteiger partial charge in [0.05, 0.1) is 16.2 Å². The van der Waals surface area contributed by atoms with Crippen molar-refractivity contribution in [3.05, 3.63) is 77.5 Å². The smallest absolute Gasteiger partial charge is 0.263 e. The van der Waals surface area contributed by atoms with Crippen molar-refractivity contribution in [3.63, 3.8) is 0 Å². The van der Waals surface area contributed by atoms with Gasteiger partial charge in [-0.1, -0.05) is 29.8 Å². The number of sulfonamides is 1. The summed E-state index contributed by atoms with van der Waals surface area (Å²) in [5, 5.41) is 3.96. The predicted octanol–water partition coefficient (Wildman–Crippen LogP) is 5.71. The molecule has 1 fully saturated rings. The molecule has 0 amide bonds. The van der Waals surface area contributed by atoms with Gasteiger partial charge in [-0.3, -0.25) is 4.72 Å². The Balaban J connectivity index is 1.38. The number of aromatic nitrogens is 2. The second-order valence-electron chi connectivity index (χ2n) is 9.05. The summed E-state index contributed by atoms with van der Waals surface area (Å²) in [5.41, 5.74) is 6.47. The number of rotatable bonds is 6. The molecule has 192 valence electrons. The predicted molar refractivity (Wildman–Crippen MR) is 141 cm³/mol.